The van der Waals surface area contributed by atoms with E-state index in [-0.39, 0.29) is 0 Å². The van der Waals surface area contributed by atoms with Crippen LogP contribution < -0.4 is 9.47 Å². The smallest absolute Gasteiger partial charge is 0.165 e. The van der Waals surface area contributed by atoms with Gasteiger partial charge in [0.1, 0.15) is 11.5 Å². The van der Waals surface area contributed by atoms with Gasteiger partial charge in [0.05, 0.1) is 25.2 Å². The largest absolute Gasteiger partial charge is 0.497 e. The van der Waals surface area contributed by atoms with Crippen molar-refractivity contribution in [3.8, 4) is 22.9 Å². The summed E-state index contributed by atoms with van der Waals surface area (Å²) in [5, 5.41) is 4.29. The lowest BCUT2D eigenvalue weighted by molar-refractivity contribution is 0.414. The molecule has 0 saturated carbocycles. The van der Waals surface area contributed by atoms with Gasteiger partial charge in [-0.1, -0.05) is 24.3 Å². The van der Waals surface area contributed by atoms with Crippen LogP contribution in [0, 0.1) is 0 Å². The summed E-state index contributed by atoms with van der Waals surface area (Å²) in [5.41, 5.74) is 0.923. The quantitative estimate of drug-likeness (QED) is 0.722. The van der Waals surface area contributed by atoms with E-state index in [1.54, 1.807) is 18.0 Å². The average Bonchev–Trinajstić information content (AvgIpc) is 2.97. The molecule has 0 unspecified atom stereocenters. The maximum atomic E-state index is 5.72. The van der Waals surface area contributed by atoms with Crippen molar-refractivity contribution in [2.75, 3.05) is 7.11 Å². The SMILES string of the molecule is COc1cccc(-n2cc(Oc3ccccc3)cn2)c1. The third-order valence-electron chi connectivity index (χ3n) is 2.86. The average molecular weight is 266 g/mol. The first-order chi connectivity index (χ1) is 9.85. The predicted octanol–water partition coefficient (Wildman–Crippen LogP) is 3.67. The number of rotatable bonds is 4. The fourth-order valence-electron chi connectivity index (χ4n) is 1.88. The van der Waals surface area contributed by atoms with Crippen LogP contribution >= 0.6 is 0 Å². The molecule has 0 amide bonds. The van der Waals surface area contributed by atoms with Gasteiger partial charge in [-0.25, -0.2) is 4.68 Å². The highest BCUT2D eigenvalue weighted by atomic mass is 16.5. The van der Waals surface area contributed by atoms with Crippen LogP contribution in [0.3, 0.4) is 0 Å². The second-order valence-corrected chi connectivity index (χ2v) is 4.24. The molecule has 0 N–H and O–H groups in total. The van der Waals surface area contributed by atoms with Gasteiger partial charge in [0, 0.05) is 6.07 Å². The Morgan fingerprint density at radius 1 is 0.900 bits per heavy atom. The normalized spacial score (nSPS) is 10.2. The Morgan fingerprint density at radius 2 is 1.70 bits per heavy atom. The lowest BCUT2D eigenvalue weighted by Gasteiger charge is -2.04. The topological polar surface area (TPSA) is 36.3 Å². The summed E-state index contributed by atoms with van der Waals surface area (Å²) in [6, 6.07) is 17.3. The van der Waals surface area contributed by atoms with Crippen molar-refractivity contribution in [3.05, 3.63) is 67.0 Å². The minimum Gasteiger partial charge on any atom is -0.497 e. The zero-order chi connectivity index (χ0) is 13.8. The van der Waals surface area contributed by atoms with E-state index in [4.69, 9.17) is 9.47 Å². The van der Waals surface area contributed by atoms with Crippen LogP contribution in [-0.4, -0.2) is 16.9 Å². The van der Waals surface area contributed by atoms with Crippen LogP contribution in [0.4, 0.5) is 0 Å². The van der Waals surface area contributed by atoms with Gasteiger partial charge in [0.25, 0.3) is 0 Å². The Kier molecular flexibility index (Phi) is 3.37. The second-order valence-electron chi connectivity index (χ2n) is 4.24. The van der Waals surface area contributed by atoms with E-state index in [0.717, 1.165) is 17.2 Å². The first-order valence-electron chi connectivity index (χ1n) is 6.27. The molecule has 3 rings (SSSR count). The van der Waals surface area contributed by atoms with E-state index < -0.39 is 0 Å². The molecule has 0 fully saturated rings. The predicted molar refractivity (Wildman–Crippen MR) is 76.6 cm³/mol. The first kappa shape index (κ1) is 12.3. The third-order valence-corrected chi connectivity index (χ3v) is 2.86. The van der Waals surface area contributed by atoms with Crippen molar-refractivity contribution in [2.45, 2.75) is 0 Å². The molecule has 0 aliphatic heterocycles. The number of para-hydroxylation sites is 1. The summed E-state index contributed by atoms with van der Waals surface area (Å²) in [6.45, 7) is 0. The third kappa shape index (κ3) is 2.64. The number of methoxy groups -OCH3 is 1. The van der Waals surface area contributed by atoms with Gasteiger partial charge < -0.3 is 9.47 Å². The van der Waals surface area contributed by atoms with Crippen molar-refractivity contribution in [1.82, 2.24) is 9.78 Å². The molecule has 1 heterocycles. The number of ether oxygens (including phenoxy) is 2. The van der Waals surface area contributed by atoms with E-state index in [0.29, 0.717) is 5.75 Å². The Labute approximate surface area is 117 Å². The van der Waals surface area contributed by atoms with Crippen LogP contribution in [-0.2, 0) is 0 Å². The molecule has 1 aromatic heterocycles. The van der Waals surface area contributed by atoms with Crippen LogP contribution in [0.5, 0.6) is 17.2 Å². The fraction of sp³-hybridized carbons (Fsp3) is 0.0625. The molecule has 0 bridgehead atoms. The molecule has 0 aliphatic rings. The molecule has 100 valence electrons. The van der Waals surface area contributed by atoms with Gasteiger partial charge in [0.2, 0.25) is 0 Å². The Bertz CT molecular complexity index is 692. The number of nitrogens with zero attached hydrogens (tertiary/aromatic N) is 2. The Hall–Kier alpha value is -2.75. The number of benzene rings is 2. The van der Waals surface area contributed by atoms with E-state index in [9.17, 15) is 0 Å². The van der Waals surface area contributed by atoms with E-state index in [1.807, 2.05) is 60.8 Å². The summed E-state index contributed by atoms with van der Waals surface area (Å²) in [4.78, 5) is 0. The van der Waals surface area contributed by atoms with Crippen LogP contribution in [0.15, 0.2) is 67.0 Å². The van der Waals surface area contributed by atoms with Crippen molar-refractivity contribution >= 4 is 0 Å². The Morgan fingerprint density at radius 3 is 2.50 bits per heavy atom. The van der Waals surface area contributed by atoms with Gasteiger partial charge in [0.15, 0.2) is 5.75 Å². The minimum atomic E-state index is 0.694. The molecule has 0 spiro atoms. The summed E-state index contributed by atoms with van der Waals surface area (Å²) >= 11 is 0. The van der Waals surface area contributed by atoms with Crippen LogP contribution in [0.1, 0.15) is 0 Å². The summed E-state index contributed by atoms with van der Waals surface area (Å²) < 4.78 is 12.7. The zero-order valence-electron chi connectivity index (χ0n) is 11.1. The van der Waals surface area contributed by atoms with Crippen molar-refractivity contribution in [3.63, 3.8) is 0 Å². The zero-order valence-corrected chi connectivity index (χ0v) is 11.1. The van der Waals surface area contributed by atoms with Gasteiger partial charge in [-0.15, -0.1) is 0 Å². The summed E-state index contributed by atoms with van der Waals surface area (Å²) in [7, 11) is 1.64. The van der Waals surface area contributed by atoms with Crippen molar-refractivity contribution < 1.29 is 9.47 Å². The molecule has 2 aromatic carbocycles. The van der Waals surface area contributed by atoms with Crippen molar-refractivity contribution in [2.24, 2.45) is 0 Å². The molecule has 3 aromatic rings. The maximum absolute atomic E-state index is 5.72. The van der Waals surface area contributed by atoms with E-state index >= 15 is 0 Å². The van der Waals surface area contributed by atoms with Crippen molar-refractivity contribution in [1.29, 1.82) is 0 Å². The lowest BCUT2D eigenvalue weighted by Crippen LogP contribution is -1.94. The summed E-state index contributed by atoms with van der Waals surface area (Å²) in [6.07, 6.45) is 3.52. The molecule has 0 aliphatic carbocycles. The molecule has 4 nitrogen and oxygen atoms in total. The van der Waals surface area contributed by atoms with Gasteiger partial charge in [-0.05, 0) is 24.3 Å². The molecular weight excluding hydrogens is 252 g/mol. The van der Waals surface area contributed by atoms with Gasteiger partial charge in [-0.2, -0.15) is 5.10 Å². The maximum Gasteiger partial charge on any atom is 0.165 e. The van der Waals surface area contributed by atoms with E-state index in [2.05, 4.69) is 5.10 Å². The number of aromatic nitrogens is 2. The highest BCUT2D eigenvalue weighted by Crippen LogP contribution is 2.22. The fourth-order valence-corrected chi connectivity index (χ4v) is 1.88. The van der Waals surface area contributed by atoms with E-state index in [1.165, 1.54) is 0 Å². The standard InChI is InChI=1S/C16H14N2O2/c1-19-15-9-5-6-13(10-15)18-12-16(11-17-18)20-14-7-3-2-4-8-14/h2-12H,1H3. The minimum absolute atomic E-state index is 0.694. The van der Waals surface area contributed by atoms with Gasteiger partial charge in [-0.3, -0.25) is 0 Å². The summed E-state index contributed by atoms with van der Waals surface area (Å²) in [5.74, 6) is 2.28. The molecule has 4 heteroatoms. The molecule has 0 radical (unpaired) electrons. The number of hydrogen-bond donors (Lipinski definition) is 0. The first-order valence-corrected chi connectivity index (χ1v) is 6.27. The highest BCUT2D eigenvalue weighted by molar-refractivity contribution is 5.40. The number of hydrogen-bond acceptors (Lipinski definition) is 3. The van der Waals surface area contributed by atoms with Gasteiger partial charge >= 0.3 is 0 Å². The van der Waals surface area contributed by atoms with Crippen LogP contribution in [0.2, 0.25) is 0 Å². The lowest BCUT2D eigenvalue weighted by atomic mass is 10.3. The monoisotopic (exact) mass is 266 g/mol. The molecule has 20 heavy (non-hydrogen) atoms. The highest BCUT2D eigenvalue weighted by Gasteiger charge is 2.04. The second kappa shape index (κ2) is 5.48. The molecule has 0 saturated heterocycles. The Balaban J connectivity index is 1.83. The van der Waals surface area contributed by atoms with Crippen LogP contribution in [0.25, 0.3) is 5.69 Å². The molecular formula is C16H14N2O2. The molecule has 0 atom stereocenters.